The van der Waals surface area contributed by atoms with Gasteiger partial charge in [0, 0.05) is 12.2 Å². The third kappa shape index (κ3) is 3.38. The average molecular weight is 317 g/mol. The number of likely N-dealkylation sites (tertiary alicyclic amines) is 1. The molecule has 2 aliphatic rings. The minimum atomic E-state index is -0.439. The Labute approximate surface area is 136 Å². The van der Waals surface area contributed by atoms with Crippen molar-refractivity contribution in [3.8, 4) is 0 Å². The van der Waals surface area contributed by atoms with Crippen LogP contribution in [0.1, 0.15) is 6.42 Å². The molecule has 1 aromatic carbocycles. The third-order valence-electron chi connectivity index (χ3n) is 4.44. The Balaban J connectivity index is 1.71. The molecular formula is C17H23N3O3. The van der Waals surface area contributed by atoms with Gasteiger partial charge < -0.3 is 19.4 Å². The van der Waals surface area contributed by atoms with Crippen molar-refractivity contribution in [1.29, 1.82) is 0 Å². The normalized spacial score (nSPS) is 24.7. The molecule has 124 valence electrons. The first-order chi connectivity index (χ1) is 11.0. The van der Waals surface area contributed by atoms with Crippen LogP contribution in [0, 0.1) is 0 Å². The molecule has 0 saturated carbocycles. The van der Waals surface area contributed by atoms with E-state index in [9.17, 15) is 9.59 Å². The second-order valence-corrected chi connectivity index (χ2v) is 6.59. The number of amides is 2. The Morgan fingerprint density at radius 1 is 1.26 bits per heavy atom. The first-order valence-electron chi connectivity index (χ1n) is 7.91. The topological polar surface area (TPSA) is 53.1 Å². The van der Waals surface area contributed by atoms with Crippen LogP contribution in [0.3, 0.4) is 0 Å². The van der Waals surface area contributed by atoms with E-state index in [0.29, 0.717) is 26.2 Å². The van der Waals surface area contributed by atoms with Crippen LogP contribution in [-0.4, -0.2) is 74.1 Å². The molecule has 0 bridgehead atoms. The number of morpholine rings is 1. The molecule has 2 heterocycles. The predicted octanol–water partition coefficient (Wildman–Crippen LogP) is 0.583. The van der Waals surface area contributed by atoms with Gasteiger partial charge in [0.1, 0.15) is 12.2 Å². The molecule has 0 aliphatic carbocycles. The summed E-state index contributed by atoms with van der Waals surface area (Å²) < 4.78 is 5.88. The van der Waals surface area contributed by atoms with Gasteiger partial charge in [0.2, 0.25) is 5.91 Å². The number of anilines is 1. The summed E-state index contributed by atoms with van der Waals surface area (Å²) in [7, 11) is 3.77. The van der Waals surface area contributed by atoms with E-state index in [1.165, 1.54) is 0 Å². The monoisotopic (exact) mass is 317 g/mol. The molecule has 6 heteroatoms. The van der Waals surface area contributed by atoms with Crippen LogP contribution in [0.2, 0.25) is 0 Å². The van der Waals surface area contributed by atoms with Crippen LogP contribution in [0.15, 0.2) is 30.3 Å². The molecule has 2 saturated heterocycles. The number of carbonyl (C=O) groups is 2. The lowest BCUT2D eigenvalue weighted by atomic mass is 10.00. The predicted molar refractivity (Wildman–Crippen MR) is 87.2 cm³/mol. The van der Waals surface area contributed by atoms with Crippen molar-refractivity contribution in [2.45, 2.75) is 12.0 Å². The summed E-state index contributed by atoms with van der Waals surface area (Å²) in [6, 6.07) is 9.64. The summed E-state index contributed by atoms with van der Waals surface area (Å²) in [5.41, 5.74) is 0.448. The second kappa shape index (κ2) is 6.29. The summed E-state index contributed by atoms with van der Waals surface area (Å²) in [5, 5.41) is 0. The summed E-state index contributed by atoms with van der Waals surface area (Å²) in [5.74, 6) is 0.0820. The van der Waals surface area contributed by atoms with Gasteiger partial charge in [-0.3, -0.25) is 9.59 Å². The van der Waals surface area contributed by atoms with E-state index in [2.05, 4.69) is 0 Å². The molecule has 1 spiro atoms. The zero-order valence-corrected chi connectivity index (χ0v) is 13.7. The summed E-state index contributed by atoms with van der Waals surface area (Å²) in [6.45, 7) is 2.21. The Morgan fingerprint density at radius 3 is 2.70 bits per heavy atom. The maximum absolute atomic E-state index is 12.2. The smallest absolute Gasteiger partial charge is 0.253 e. The number of likely N-dealkylation sites (N-methyl/N-ethyl adjacent to an activating group) is 1. The highest BCUT2D eigenvalue weighted by molar-refractivity contribution is 5.95. The van der Waals surface area contributed by atoms with Gasteiger partial charge in [0.25, 0.3) is 5.91 Å². The van der Waals surface area contributed by atoms with Crippen molar-refractivity contribution < 1.29 is 14.3 Å². The van der Waals surface area contributed by atoms with E-state index in [0.717, 1.165) is 12.1 Å². The van der Waals surface area contributed by atoms with Crippen LogP contribution in [0.4, 0.5) is 5.69 Å². The SMILES string of the molecule is CN(C)CC(=O)N1CCC2(C1)CN(c1ccccc1)C(=O)CO2. The van der Waals surface area contributed by atoms with Crippen LogP contribution in [0.5, 0.6) is 0 Å². The minimum absolute atomic E-state index is 0.0279. The van der Waals surface area contributed by atoms with Gasteiger partial charge in [-0.05, 0) is 32.6 Å². The highest BCUT2D eigenvalue weighted by Gasteiger charge is 2.46. The molecule has 0 radical (unpaired) electrons. The molecule has 3 rings (SSSR count). The van der Waals surface area contributed by atoms with E-state index in [-0.39, 0.29) is 18.4 Å². The highest BCUT2D eigenvalue weighted by atomic mass is 16.5. The average Bonchev–Trinajstić information content (AvgIpc) is 2.94. The fourth-order valence-electron chi connectivity index (χ4n) is 3.23. The largest absolute Gasteiger partial charge is 0.361 e. The van der Waals surface area contributed by atoms with Crippen LogP contribution >= 0.6 is 0 Å². The quantitative estimate of drug-likeness (QED) is 0.818. The number of carbonyl (C=O) groups excluding carboxylic acids is 2. The summed E-state index contributed by atoms with van der Waals surface area (Å²) >= 11 is 0. The van der Waals surface area contributed by atoms with Crippen LogP contribution in [-0.2, 0) is 14.3 Å². The van der Waals surface area contributed by atoms with E-state index >= 15 is 0 Å². The summed E-state index contributed by atoms with van der Waals surface area (Å²) in [4.78, 5) is 30.0. The van der Waals surface area contributed by atoms with Gasteiger partial charge in [-0.1, -0.05) is 18.2 Å². The molecule has 1 atom stereocenters. The van der Waals surface area contributed by atoms with E-state index < -0.39 is 5.60 Å². The zero-order chi connectivity index (χ0) is 16.4. The molecule has 23 heavy (non-hydrogen) atoms. The van der Waals surface area contributed by atoms with Crippen molar-refractivity contribution in [1.82, 2.24) is 9.80 Å². The number of hydrogen-bond acceptors (Lipinski definition) is 4. The maximum atomic E-state index is 12.2. The molecule has 6 nitrogen and oxygen atoms in total. The standard InChI is InChI=1S/C17H23N3O3/c1-18(2)10-15(21)19-9-8-17(12-19)13-20(16(22)11-23-17)14-6-4-3-5-7-14/h3-7H,8-13H2,1-2H3. The molecular weight excluding hydrogens is 294 g/mol. The lowest BCUT2D eigenvalue weighted by molar-refractivity contribution is -0.139. The lowest BCUT2D eigenvalue weighted by Crippen LogP contribution is -2.56. The van der Waals surface area contributed by atoms with Gasteiger partial charge >= 0.3 is 0 Å². The Hall–Kier alpha value is -1.92. The number of para-hydroxylation sites is 1. The maximum Gasteiger partial charge on any atom is 0.253 e. The van der Waals surface area contributed by atoms with Gasteiger partial charge in [-0.2, -0.15) is 0 Å². The van der Waals surface area contributed by atoms with Crippen molar-refractivity contribution in [2.24, 2.45) is 0 Å². The van der Waals surface area contributed by atoms with Crippen LogP contribution in [0.25, 0.3) is 0 Å². The molecule has 2 amide bonds. The number of hydrogen-bond donors (Lipinski definition) is 0. The van der Waals surface area contributed by atoms with Crippen molar-refractivity contribution >= 4 is 17.5 Å². The fraction of sp³-hybridized carbons (Fsp3) is 0.529. The molecule has 2 aliphatic heterocycles. The first-order valence-corrected chi connectivity index (χ1v) is 7.91. The summed E-state index contributed by atoms with van der Waals surface area (Å²) in [6.07, 6.45) is 0.767. The molecule has 1 unspecified atom stereocenters. The van der Waals surface area contributed by atoms with Gasteiger partial charge in [-0.25, -0.2) is 0 Å². The van der Waals surface area contributed by atoms with E-state index in [1.54, 1.807) is 4.90 Å². The van der Waals surface area contributed by atoms with Crippen molar-refractivity contribution in [2.75, 3.05) is 51.8 Å². The Kier molecular flexibility index (Phi) is 4.37. The first kappa shape index (κ1) is 16.0. The number of nitrogens with zero attached hydrogens (tertiary/aromatic N) is 3. The highest BCUT2D eigenvalue weighted by Crippen LogP contribution is 2.32. The van der Waals surface area contributed by atoms with E-state index in [1.807, 2.05) is 54.2 Å². The minimum Gasteiger partial charge on any atom is -0.361 e. The van der Waals surface area contributed by atoms with Crippen LogP contribution < -0.4 is 4.90 Å². The zero-order valence-electron chi connectivity index (χ0n) is 13.7. The number of ether oxygens (including phenoxy) is 1. The Bertz CT molecular complexity index is 590. The van der Waals surface area contributed by atoms with E-state index in [4.69, 9.17) is 4.74 Å². The second-order valence-electron chi connectivity index (χ2n) is 6.59. The molecule has 0 aromatic heterocycles. The number of benzene rings is 1. The van der Waals surface area contributed by atoms with Gasteiger partial charge in [-0.15, -0.1) is 0 Å². The fourth-order valence-corrected chi connectivity index (χ4v) is 3.23. The molecule has 0 N–H and O–H groups in total. The van der Waals surface area contributed by atoms with Crippen molar-refractivity contribution in [3.05, 3.63) is 30.3 Å². The number of rotatable bonds is 3. The Morgan fingerprint density at radius 2 is 2.00 bits per heavy atom. The molecule has 1 aromatic rings. The van der Waals surface area contributed by atoms with Gasteiger partial charge in [0.15, 0.2) is 0 Å². The van der Waals surface area contributed by atoms with Gasteiger partial charge in [0.05, 0.1) is 19.6 Å². The van der Waals surface area contributed by atoms with Crippen molar-refractivity contribution in [3.63, 3.8) is 0 Å². The lowest BCUT2D eigenvalue weighted by Gasteiger charge is -2.40. The molecule has 2 fully saturated rings. The third-order valence-corrected chi connectivity index (χ3v) is 4.44.